The monoisotopic (exact) mass is 374 g/mol. The summed E-state index contributed by atoms with van der Waals surface area (Å²) in [5.74, 6) is -1.07. The molecule has 0 radical (unpaired) electrons. The van der Waals surface area contributed by atoms with Crippen molar-refractivity contribution >= 4 is 38.9 Å². The van der Waals surface area contributed by atoms with E-state index in [1.54, 1.807) is 31.2 Å². The molecule has 0 aliphatic carbocycles. The fourth-order valence-electron chi connectivity index (χ4n) is 1.89. The van der Waals surface area contributed by atoms with Gasteiger partial charge in [0.1, 0.15) is 9.88 Å². The minimum Gasteiger partial charge on any atom is -0.378 e. The number of benzene rings is 1. The molecule has 1 N–H and O–H groups in total. The summed E-state index contributed by atoms with van der Waals surface area (Å²) in [5, 5.41) is 0.945. The van der Waals surface area contributed by atoms with Gasteiger partial charge in [-0.25, -0.2) is 18.1 Å². The maximum absolute atomic E-state index is 12.2. The fraction of sp³-hybridized carbons (Fsp3) is 0.286. The van der Waals surface area contributed by atoms with Crippen molar-refractivity contribution in [2.45, 2.75) is 19.3 Å². The van der Waals surface area contributed by atoms with Crippen molar-refractivity contribution in [3.05, 3.63) is 50.4 Å². The number of hydrogen-bond donors (Lipinski definition) is 1. The van der Waals surface area contributed by atoms with E-state index in [1.165, 1.54) is 7.11 Å². The first-order chi connectivity index (χ1) is 10.8. The maximum atomic E-state index is 12.2. The summed E-state index contributed by atoms with van der Waals surface area (Å²) in [5.41, 5.74) is 0.892. The third-order valence-electron chi connectivity index (χ3n) is 2.87. The van der Waals surface area contributed by atoms with Crippen LogP contribution in [0.3, 0.4) is 0 Å². The van der Waals surface area contributed by atoms with E-state index in [0.29, 0.717) is 21.3 Å². The molecule has 1 aromatic heterocycles. The normalized spacial score (nSPS) is 11.4. The Labute approximate surface area is 143 Å². The summed E-state index contributed by atoms with van der Waals surface area (Å²) < 4.78 is 31.3. The molecule has 1 heterocycles. The molecule has 2 rings (SSSR count). The van der Waals surface area contributed by atoms with E-state index in [9.17, 15) is 13.2 Å². The molecule has 0 fully saturated rings. The Kier molecular flexibility index (Phi) is 5.74. The predicted octanol–water partition coefficient (Wildman–Crippen LogP) is 2.51. The van der Waals surface area contributed by atoms with Gasteiger partial charge in [-0.05, 0) is 18.6 Å². The van der Waals surface area contributed by atoms with Crippen molar-refractivity contribution in [2.75, 3.05) is 7.11 Å². The summed E-state index contributed by atoms with van der Waals surface area (Å²) in [7, 11) is -2.34. The van der Waals surface area contributed by atoms with Crippen LogP contribution >= 0.6 is 22.9 Å². The molecule has 23 heavy (non-hydrogen) atoms. The summed E-state index contributed by atoms with van der Waals surface area (Å²) in [6.07, 6.45) is 0. The largest absolute Gasteiger partial charge is 0.378 e. The molecule has 0 unspecified atom stereocenters. The number of ether oxygens (including phenoxy) is 1. The van der Waals surface area contributed by atoms with E-state index in [4.69, 9.17) is 16.3 Å². The Morgan fingerprint density at radius 3 is 2.74 bits per heavy atom. The van der Waals surface area contributed by atoms with Crippen LogP contribution < -0.4 is 4.72 Å². The van der Waals surface area contributed by atoms with Gasteiger partial charge in [-0.2, -0.15) is 0 Å². The van der Waals surface area contributed by atoms with Gasteiger partial charge in [-0.15, -0.1) is 11.3 Å². The van der Waals surface area contributed by atoms with Crippen LogP contribution in [0.1, 0.15) is 25.9 Å². The first-order valence-electron chi connectivity index (χ1n) is 6.56. The molecule has 0 saturated heterocycles. The van der Waals surface area contributed by atoms with Gasteiger partial charge in [0, 0.05) is 12.1 Å². The molecule has 1 aromatic carbocycles. The summed E-state index contributed by atoms with van der Waals surface area (Å²) in [6.45, 7) is 1.91. The molecule has 0 bridgehead atoms. The van der Waals surface area contributed by atoms with E-state index < -0.39 is 15.9 Å². The molecule has 0 aliphatic rings. The smallest absolute Gasteiger partial charge is 0.276 e. The number of nitrogens with zero attached hydrogens (tertiary/aromatic N) is 1. The number of carbonyl (C=O) groups excluding carboxylic acids is 1. The van der Waals surface area contributed by atoms with Crippen molar-refractivity contribution in [1.29, 1.82) is 0 Å². The second kappa shape index (κ2) is 7.39. The summed E-state index contributed by atoms with van der Waals surface area (Å²) in [4.78, 5) is 16.6. The first kappa shape index (κ1) is 17.9. The number of aryl methyl sites for hydroxylation is 1. The second-order valence-corrected chi connectivity index (χ2v) is 7.95. The highest BCUT2D eigenvalue weighted by molar-refractivity contribution is 7.89. The SMILES string of the molecule is COCc1nc(C)c(C(=O)NS(=O)(=O)Cc2ccccc2Cl)s1. The topological polar surface area (TPSA) is 85.4 Å². The standard InChI is InChI=1S/C14H15ClN2O4S2/c1-9-13(22-12(16-9)7-21-2)14(18)17-23(19,20)8-10-5-3-4-6-11(10)15/h3-6H,7-8H2,1-2H3,(H,17,18). The molecule has 0 spiro atoms. The van der Waals surface area contributed by atoms with E-state index >= 15 is 0 Å². The number of nitrogens with one attached hydrogen (secondary N) is 1. The molecule has 9 heteroatoms. The van der Waals surface area contributed by atoms with Crippen LogP contribution in [-0.4, -0.2) is 26.4 Å². The first-order valence-corrected chi connectivity index (χ1v) is 9.40. The lowest BCUT2D eigenvalue weighted by molar-refractivity contribution is 0.0984. The third-order valence-corrected chi connectivity index (χ3v) is 5.55. The minimum absolute atomic E-state index is 0.250. The lowest BCUT2D eigenvalue weighted by Gasteiger charge is -2.07. The molecule has 124 valence electrons. The molecule has 1 amide bonds. The van der Waals surface area contributed by atoms with Crippen molar-refractivity contribution in [2.24, 2.45) is 0 Å². The molecular formula is C14H15ClN2O4S2. The number of aromatic nitrogens is 1. The van der Waals surface area contributed by atoms with Crippen LogP contribution in [0.2, 0.25) is 5.02 Å². The van der Waals surface area contributed by atoms with Crippen LogP contribution in [0.5, 0.6) is 0 Å². The number of amides is 1. The number of halogens is 1. The summed E-state index contributed by atoms with van der Waals surface area (Å²) in [6, 6.07) is 6.58. The maximum Gasteiger partial charge on any atom is 0.276 e. The van der Waals surface area contributed by atoms with Gasteiger partial charge in [0.2, 0.25) is 10.0 Å². The van der Waals surface area contributed by atoms with E-state index in [-0.39, 0.29) is 17.2 Å². The van der Waals surface area contributed by atoms with Crippen molar-refractivity contribution < 1.29 is 17.9 Å². The third kappa shape index (κ3) is 4.74. The molecule has 0 aliphatic heterocycles. The number of sulfonamides is 1. The number of hydrogen-bond acceptors (Lipinski definition) is 6. The van der Waals surface area contributed by atoms with E-state index in [0.717, 1.165) is 11.3 Å². The molecule has 0 saturated carbocycles. The zero-order valence-electron chi connectivity index (χ0n) is 12.5. The molecule has 6 nitrogen and oxygen atoms in total. The predicted molar refractivity (Wildman–Crippen MR) is 89.1 cm³/mol. The van der Waals surface area contributed by atoms with Gasteiger partial charge in [-0.3, -0.25) is 4.79 Å². The van der Waals surface area contributed by atoms with Gasteiger partial charge in [0.15, 0.2) is 0 Å². The Hall–Kier alpha value is -1.48. The Bertz CT molecular complexity index is 818. The van der Waals surface area contributed by atoms with Crippen LogP contribution in [-0.2, 0) is 27.1 Å². The van der Waals surface area contributed by atoms with Crippen molar-refractivity contribution in [3.8, 4) is 0 Å². The number of methoxy groups -OCH3 is 1. The Balaban J connectivity index is 2.14. The van der Waals surface area contributed by atoms with Gasteiger partial charge in [0.05, 0.1) is 18.1 Å². The Morgan fingerprint density at radius 1 is 1.39 bits per heavy atom. The Morgan fingerprint density at radius 2 is 2.09 bits per heavy atom. The van der Waals surface area contributed by atoms with Crippen molar-refractivity contribution in [1.82, 2.24) is 9.71 Å². The number of thiazole rings is 1. The average molecular weight is 375 g/mol. The zero-order chi connectivity index (χ0) is 17.0. The van der Waals surface area contributed by atoms with Gasteiger partial charge in [-0.1, -0.05) is 29.8 Å². The second-order valence-electron chi connectivity index (χ2n) is 4.74. The molecular weight excluding hydrogens is 360 g/mol. The lowest BCUT2D eigenvalue weighted by atomic mass is 10.2. The highest BCUT2D eigenvalue weighted by Gasteiger charge is 2.22. The van der Waals surface area contributed by atoms with Crippen LogP contribution in [0.4, 0.5) is 0 Å². The van der Waals surface area contributed by atoms with E-state index in [2.05, 4.69) is 4.98 Å². The van der Waals surface area contributed by atoms with Gasteiger partial charge < -0.3 is 4.74 Å². The minimum atomic E-state index is -3.86. The van der Waals surface area contributed by atoms with Gasteiger partial charge in [0.25, 0.3) is 5.91 Å². The number of carbonyl (C=O) groups is 1. The molecule has 0 atom stereocenters. The van der Waals surface area contributed by atoms with Crippen LogP contribution in [0, 0.1) is 6.92 Å². The quantitative estimate of drug-likeness (QED) is 0.839. The van der Waals surface area contributed by atoms with Crippen LogP contribution in [0.25, 0.3) is 0 Å². The number of rotatable bonds is 6. The van der Waals surface area contributed by atoms with Gasteiger partial charge >= 0.3 is 0 Å². The average Bonchev–Trinajstić information content (AvgIpc) is 2.82. The zero-order valence-corrected chi connectivity index (χ0v) is 14.9. The summed E-state index contributed by atoms with van der Waals surface area (Å²) >= 11 is 7.05. The highest BCUT2D eigenvalue weighted by atomic mass is 35.5. The fourth-order valence-corrected chi connectivity index (χ4v) is 4.29. The lowest BCUT2D eigenvalue weighted by Crippen LogP contribution is -2.31. The van der Waals surface area contributed by atoms with Crippen molar-refractivity contribution in [3.63, 3.8) is 0 Å². The van der Waals surface area contributed by atoms with Crippen LogP contribution in [0.15, 0.2) is 24.3 Å². The van der Waals surface area contributed by atoms with E-state index in [1.807, 2.05) is 4.72 Å². The molecule has 2 aromatic rings. The highest BCUT2D eigenvalue weighted by Crippen LogP contribution is 2.20.